The number of ether oxygens (including phenoxy) is 1. The van der Waals surface area contributed by atoms with Gasteiger partial charge in [-0.3, -0.25) is 0 Å². The van der Waals surface area contributed by atoms with E-state index < -0.39 is 0 Å². The van der Waals surface area contributed by atoms with Crippen molar-refractivity contribution < 1.29 is 4.74 Å². The highest BCUT2D eigenvalue weighted by Crippen LogP contribution is 2.17. The van der Waals surface area contributed by atoms with Crippen LogP contribution in [0.5, 0.6) is 0 Å². The highest BCUT2D eigenvalue weighted by Gasteiger charge is 2.24. The minimum Gasteiger partial charge on any atom is -0.377 e. The zero-order valence-corrected chi connectivity index (χ0v) is 10.7. The molecule has 4 unspecified atom stereocenters. The molecule has 2 heterocycles. The zero-order valence-electron chi connectivity index (χ0n) is 10.7. The highest BCUT2D eigenvalue weighted by atomic mass is 16.5. The van der Waals surface area contributed by atoms with Crippen LogP contribution in [0.15, 0.2) is 0 Å². The third-order valence-electron chi connectivity index (χ3n) is 3.87. The smallest absolute Gasteiger partial charge is 0.0726 e. The molecule has 0 aromatic rings. The lowest BCUT2D eigenvalue weighted by Crippen LogP contribution is -2.44. The van der Waals surface area contributed by atoms with Gasteiger partial charge in [0, 0.05) is 24.7 Å². The molecule has 94 valence electrons. The predicted molar refractivity (Wildman–Crippen MR) is 66.7 cm³/mol. The first-order valence-corrected chi connectivity index (χ1v) is 6.86. The van der Waals surface area contributed by atoms with Crippen LogP contribution in [0.3, 0.4) is 0 Å². The Hall–Kier alpha value is -0.120. The van der Waals surface area contributed by atoms with E-state index in [2.05, 4.69) is 24.5 Å². The summed E-state index contributed by atoms with van der Waals surface area (Å²) in [6, 6.07) is 1.83. The van der Waals surface area contributed by atoms with Gasteiger partial charge in [-0.25, -0.2) is 0 Å². The van der Waals surface area contributed by atoms with Crippen molar-refractivity contribution in [1.82, 2.24) is 10.6 Å². The van der Waals surface area contributed by atoms with Gasteiger partial charge in [-0.15, -0.1) is 0 Å². The van der Waals surface area contributed by atoms with E-state index >= 15 is 0 Å². The van der Waals surface area contributed by atoms with E-state index in [1.54, 1.807) is 0 Å². The normalized spacial score (nSPS) is 34.1. The SMILES string of the molecule is CC(CC1CCCN1)NC(C)C1CCCO1. The topological polar surface area (TPSA) is 33.3 Å². The maximum atomic E-state index is 5.71. The van der Waals surface area contributed by atoms with Gasteiger partial charge in [0.1, 0.15) is 0 Å². The van der Waals surface area contributed by atoms with Crippen molar-refractivity contribution in [2.45, 2.75) is 70.2 Å². The van der Waals surface area contributed by atoms with Gasteiger partial charge in [0.25, 0.3) is 0 Å². The Labute approximate surface area is 99.3 Å². The molecule has 2 rings (SSSR count). The number of rotatable bonds is 5. The van der Waals surface area contributed by atoms with Crippen molar-refractivity contribution in [2.24, 2.45) is 0 Å². The van der Waals surface area contributed by atoms with Crippen molar-refractivity contribution in [1.29, 1.82) is 0 Å². The lowest BCUT2D eigenvalue weighted by atomic mass is 10.0. The number of nitrogens with one attached hydrogen (secondary N) is 2. The molecule has 3 nitrogen and oxygen atoms in total. The maximum Gasteiger partial charge on any atom is 0.0726 e. The molecule has 16 heavy (non-hydrogen) atoms. The van der Waals surface area contributed by atoms with Gasteiger partial charge in [-0.2, -0.15) is 0 Å². The van der Waals surface area contributed by atoms with Crippen LogP contribution in [0.4, 0.5) is 0 Å². The molecular formula is C13H26N2O. The first-order valence-electron chi connectivity index (χ1n) is 6.86. The molecule has 2 saturated heterocycles. The van der Waals surface area contributed by atoms with Crippen molar-refractivity contribution >= 4 is 0 Å². The summed E-state index contributed by atoms with van der Waals surface area (Å²) in [6.07, 6.45) is 6.84. The van der Waals surface area contributed by atoms with Crippen molar-refractivity contribution in [3.8, 4) is 0 Å². The van der Waals surface area contributed by atoms with E-state index in [-0.39, 0.29) is 0 Å². The Morgan fingerprint density at radius 1 is 1.31 bits per heavy atom. The van der Waals surface area contributed by atoms with Gasteiger partial charge >= 0.3 is 0 Å². The Balaban J connectivity index is 1.66. The first-order chi connectivity index (χ1) is 7.75. The van der Waals surface area contributed by atoms with Gasteiger partial charge in [-0.05, 0) is 52.5 Å². The molecule has 2 aliphatic heterocycles. The molecule has 2 aliphatic rings. The lowest BCUT2D eigenvalue weighted by molar-refractivity contribution is 0.0796. The summed E-state index contributed by atoms with van der Waals surface area (Å²) in [4.78, 5) is 0. The second-order valence-corrected chi connectivity index (χ2v) is 5.44. The van der Waals surface area contributed by atoms with Crippen LogP contribution in [0.25, 0.3) is 0 Å². The third kappa shape index (κ3) is 3.44. The van der Waals surface area contributed by atoms with Gasteiger partial charge in [0.05, 0.1) is 6.10 Å². The van der Waals surface area contributed by atoms with E-state index in [0.29, 0.717) is 18.2 Å². The van der Waals surface area contributed by atoms with Crippen LogP contribution in [0.2, 0.25) is 0 Å². The largest absolute Gasteiger partial charge is 0.377 e. The third-order valence-corrected chi connectivity index (χ3v) is 3.87. The standard InChI is InChI=1S/C13H26N2O/c1-10(9-12-5-3-7-14-12)15-11(2)13-6-4-8-16-13/h10-15H,3-9H2,1-2H3. The van der Waals surface area contributed by atoms with Crippen molar-refractivity contribution in [3.63, 3.8) is 0 Å². The second kappa shape index (κ2) is 5.99. The van der Waals surface area contributed by atoms with Crippen LogP contribution in [-0.4, -0.2) is 37.4 Å². The Morgan fingerprint density at radius 3 is 2.81 bits per heavy atom. The van der Waals surface area contributed by atoms with E-state index in [4.69, 9.17) is 4.74 Å². The average molecular weight is 226 g/mol. The summed E-state index contributed by atoms with van der Waals surface area (Å²) in [5.74, 6) is 0. The van der Waals surface area contributed by atoms with Gasteiger partial charge in [0.15, 0.2) is 0 Å². The molecule has 0 aliphatic carbocycles. The summed E-state index contributed by atoms with van der Waals surface area (Å²) >= 11 is 0. The molecule has 2 N–H and O–H groups in total. The van der Waals surface area contributed by atoms with Crippen LogP contribution >= 0.6 is 0 Å². The first kappa shape index (κ1) is 12.3. The Morgan fingerprint density at radius 2 is 2.19 bits per heavy atom. The fraction of sp³-hybridized carbons (Fsp3) is 1.00. The fourth-order valence-corrected chi connectivity index (χ4v) is 3.01. The molecule has 0 amide bonds. The number of hydrogen-bond donors (Lipinski definition) is 2. The molecule has 0 spiro atoms. The monoisotopic (exact) mass is 226 g/mol. The van der Waals surface area contributed by atoms with Crippen LogP contribution in [0.1, 0.15) is 46.0 Å². The predicted octanol–water partition coefficient (Wildman–Crippen LogP) is 1.67. The molecule has 3 heteroatoms. The highest BCUT2D eigenvalue weighted by molar-refractivity contribution is 4.83. The minimum atomic E-state index is 0.444. The van der Waals surface area contributed by atoms with Gasteiger partial charge in [0.2, 0.25) is 0 Å². The van der Waals surface area contributed by atoms with Crippen molar-refractivity contribution in [2.75, 3.05) is 13.2 Å². The van der Waals surface area contributed by atoms with E-state index in [9.17, 15) is 0 Å². The fourth-order valence-electron chi connectivity index (χ4n) is 3.01. The van der Waals surface area contributed by atoms with Crippen LogP contribution < -0.4 is 10.6 Å². The summed E-state index contributed by atoms with van der Waals surface area (Å²) in [6.45, 7) is 6.72. The molecule has 2 fully saturated rings. The van der Waals surface area contributed by atoms with E-state index in [1.165, 1.54) is 38.6 Å². The van der Waals surface area contributed by atoms with E-state index in [0.717, 1.165) is 12.6 Å². The maximum absolute atomic E-state index is 5.71. The Kier molecular flexibility index (Phi) is 4.62. The van der Waals surface area contributed by atoms with Crippen LogP contribution in [0, 0.1) is 0 Å². The quantitative estimate of drug-likeness (QED) is 0.748. The minimum absolute atomic E-state index is 0.444. The molecular weight excluding hydrogens is 200 g/mol. The average Bonchev–Trinajstić information content (AvgIpc) is 2.88. The van der Waals surface area contributed by atoms with Gasteiger partial charge < -0.3 is 15.4 Å². The van der Waals surface area contributed by atoms with Crippen LogP contribution in [-0.2, 0) is 4.74 Å². The molecule has 0 radical (unpaired) electrons. The summed E-state index contributed by atoms with van der Waals surface area (Å²) in [5, 5.41) is 7.24. The zero-order chi connectivity index (χ0) is 11.4. The molecule has 0 aromatic carbocycles. The van der Waals surface area contributed by atoms with Crippen molar-refractivity contribution in [3.05, 3.63) is 0 Å². The Bertz CT molecular complexity index is 198. The van der Waals surface area contributed by atoms with Gasteiger partial charge in [-0.1, -0.05) is 0 Å². The summed E-state index contributed by atoms with van der Waals surface area (Å²) in [5.41, 5.74) is 0. The summed E-state index contributed by atoms with van der Waals surface area (Å²) in [7, 11) is 0. The molecule has 0 bridgehead atoms. The number of hydrogen-bond acceptors (Lipinski definition) is 3. The molecule has 0 aromatic heterocycles. The lowest BCUT2D eigenvalue weighted by Gasteiger charge is -2.26. The molecule has 4 atom stereocenters. The van der Waals surface area contributed by atoms with E-state index in [1.807, 2.05) is 0 Å². The summed E-state index contributed by atoms with van der Waals surface area (Å²) < 4.78 is 5.71. The second-order valence-electron chi connectivity index (χ2n) is 5.44. The molecule has 0 saturated carbocycles.